The number of nitrogens with one attached hydrogen (secondary N) is 1. The molecular formula is C13H13F2N3O2. The fourth-order valence-corrected chi connectivity index (χ4v) is 1.61. The van der Waals surface area contributed by atoms with E-state index in [0.717, 1.165) is 18.2 Å². The first-order chi connectivity index (χ1) is 9.63. The van der Waals surface area contributed by atoms with Crippen LogP contribution in [0.1, 0.15) is 6.92 Å². The molecule has 0 spiro atoms. The van der Waals surface area contributed by atoms with Crippen molar-refractivity contribution in [3.63, 3.8) is 0 Å². The zero-order valence-electron chi connectivity index (χ0n) is 11.0. The molecule has 1 aromatic carbocycles. The standard InChI is InChI=1S/C13H13F2N3O2/c1-3-16-12-11(19-2)13(18-7-17-12)20-10-5-8(14)4-9(15)6-10/h4-7H,3H2,1-2H3,(H,16,17,18). The topological polar surface area (TPSA) is 56.3 Å². The summed E-state index contributed by atoms with van der Waals surface area (Å²) in [5.41, 5.74) is 0. The number of hydrogen-bond acceptors (Lipinski definition) is 5. The zero-order valence-corrected chi connectivity index (χ0v) is 11.0. The van der Waals surface area contributed by atoms with Gasteiger partial charge in [-0.25, -0.2) is 13.8 Å². The molecule has 20 heavy (non-hydrogen) atoms. The number of halogens is 2. The molecule has 0 aliphatic heterocycles. The molecule has 1 heterocycles. The maximum Gasteiger partial charge on any atom is 0.268 e. The molecule has 0 saturated heterocycles. The van der Waals surface area contributed by atoms with Crippen molar-refractivity contribution >= 4 is 5.82 Å². The molecule has 2 aromatic rings. The Balaban J connectivity index is 2.35. The molecule has 2 rings (SSSR count). The molecule has 0 unspecified atom stereocenters. The van der Waals surface area contributed by atoms with Gasteiger partial charge in [0.1, 0.15) is 23.7 Å². The van der Waals surface area contributed by atoms with Crippen LogP contribution in [0.25, 0.3) is 0 Å². The van der Waals surface area contributed by atoms with Crippen molar-refractivity contribution in [3.8, 4) is 17.4 Å². The van der Waals surface area contributed by atoms with Crippen molar-refractivity contribution in [2.75, 3.05) is 19.0 Å². The molecule has 0 radical (unpaired) electrons. The Morgan fingerprint density at radius 2 is 1.85 bits per heavy atom. The summed E-state index contributed by atoms with van der Waals surface area (Å²) in [5, 5.41) is 2.97. The first-order valence-electron chi connectivity index (χ1n) is 5.90. The van der Waals surface area contributed by atoms with E-state index in [1.165, 1.54) is 13.4 Å². The Morgan fingerprint density at radius 1 is 1.15 bits per heavy atom. The van der Waals surface area contributed by atoms with E-state index >= 15 is 0 Å². The Bertz CT molecular complexity index is 588. The molecule has 0 aliphatic rings. The maximum atomic E-state index is 13.1. The summed E-state index contributed by atoms with van der Waals surface area (Å²) in [6.07, 6.45) is 1.27. The summed E-state index contributed by atoms with van der Waals surface area (Å²) in [6.45, 7) is 2.52. The van der Waals surface area contributed by atoms with Crippen LogP contribution in [-0.2, 0) is 0 Å². The summed E-state index contributed by atoms with van der Waals surface area (Å²) >= 11 is 0. The normalized spacial score (nSPS) is 10.2. The third-order valence-corrected chi connectivity index (χ3v) is 2.37. The van der Waals surface area contributed by atoms with Crippen LogP contribution in [0, 0.1) is 11.6 Å². The van der Waals surface area contributed by atoms with Gasteiger partial charge in [0.05, 0.1) is 7.11 Å². The van der Waals surface area contributed by atoms with Gasteiger partial charge in [-0.1, -0.05) is 0 Å². The largest absolute Gasteiger partial charge is 0.489 e. The summed E-state index contributed by atoms with van der Waals surface area (Å²) in [5.74, 6) is -0.707. The summed E-state index contributed by atoms with van der Waals surface area (Å²) in [4.78, 5) is 7.91. The Kier molecular flexibility index (Phi) is 4.29. The van der Waals surface area contributed by atoms with Crippen LogP contribution in [-0.4, -0.2) is 23.6 Å². The van der Waals surface area contributed by atoms with Gasteiger partial charge in [0, 0.05) is 24.7 Å². The minimum Gasteiger partial charge on any atom is -0.489 e. The minimum absolute atomic E-state index is 0.0121. The predicted octanol–water partition coefficient (Wildman–Crippen LogP) is 2.99. The van der Waals surface area contributed by atoms with E-state index < -0.39 is 11.6 Å². The highest BCUT2D eigenvalue weighted by atomic mass is 19.1. The fourth-order valence-electron chi connectivity index (χ4n) is 1.61. The molecule has 7 heteroatoms. The van der Waals surface area contributed by atoms with Gasteiger partial charge >= 0.3 is 0 Å². The molecule has 0 bridgehead atoms. The molecule has 1 N–H and O–H groups in total. The number of hydrogen-bond donors (Lipinski definition) is 1. The van der Waals surface area contributed by atoms with E-state index in [1.54, 1.807) is 0 Å². The van der Waals surface area contributed by atoms with Gasteiger partial charge in [-0.3, -0.25) is 0 Å². The van der Waals surface area contributed by atoms with Crippen LogP contribution in [0.4, 0.5) is 14.6 Å². The monoisotopic (exact) mass is 281 g/mol. The van der Waals surface area contributed by atoms with Crippen molar-refractivity contribution in [2.24, 2.45) is 0 Å². The van der Waals surface area contributed by atoms with Crippen LogP contribution in [0.2, 0.25) is 0 Å². The van der Waals surface area contributed by atoms with Gasteiger partial charge in [-0.2, -0.15) is 4.98 Å². The van der Waals surface area contributed by atoms with Gasteiger partial charge in [0.25, 0.3) is 5.88 Å². The number of benzene rings is 1. The van der Waals surface area contributed by atoms with E-state index in [0.29, 0.717) is 12.4 Å². The van der Waals surface area contributed by atoms with Crippen molar-refractivity contribution in [3.05, 3.63) is 36.2 Å². The molecular weight excluding hydrogens is 268 g/mol. The highest BCUT2D eigenvalue weighted by Crippen LogP contribution is 2.34. The third kappa shape index (κ3) is 3.11. The van der Waals surface area contributed by atoms with E-state index in [4.69, 9.17) is 9.47 Å². The van der Waals surface area contributed by atoms with Crippen LogP contribution < -0.4 is 14.8 Å². The lowest BCUT2D eigenvalue weighted by atomic mass is 10.3. The number of anilines is 1. The van der Waals surface area contributed by atoms with Crippen molar-refractivity contribution in [1.82, 2.24) is 9.97 Å². The SMILES string of the molecule is CCNc1ncnc(Oc2cc(F)cc(F)c2)c1OC. The quantitative estimate of drug-likeness (QED) is 0.913. The number of methoxy groups -OCH3 is 1. The second-order valence-corrected chi connectivity index (χ2v) is 3.80. The smallest absolute Gasteiger partial charge is 0.268 e. The van der Waals surface area contributed by atoms with Gasteiger partial charge < -0.3 is 14.8 Å². The molecule has 0 saturated carbocycles. The van der Waals surface area contributed by atoms with Crippen molar-refractivity contribution in [2.45, 2.75) is 6.92 Å². The van der Waals surface area contributed by atoms with E-state index in [-0.39, 0.29) is 17.4 Å². The van der Waals surface area contributed by atoms with Crippen LogP contribution in [0.5, 0.6) is 17.4 Å². The predicted molar refractivity (Wildman–Crippen MR) is 69.2 cm³/mol. The summed E-state index contributed by atoms with van der Waals surface area (Å²) in [7, 11) is 1.43. The number of ether oxygens (including phenoxy) is 2. The first kappa shape index (κ1) is 14.0. The second kappa shape index (κ2) is 6.14. The van der Waals surface area contributed by atoms with E-state index in [9.17, 15) is 8.78 Å². The average Bonchev–Trinajstić information content (AvgIpc) is 2.38. The third-order valence-electron chi connectivity index (χ3n) is 2.37. The summed E-state index contributed by atoms with van der Waals surface area (Å²) < 4.78 is 36.7. The lowest BCUT2D eigenvalue weighted by Crippen LogP contribution is -2.04. The fraction of sp³-hybridized carbons (Fsp3) is 0.231. The Morgan fingerprint density at radius 3 is 2.45 bits per heavy atom. The van der Waals surface area contributed by atoms with Gasteiger partial charge in [-0.15, -0.1) is 0 Å². The zero-order chi connectivity index (χ0) is 14.5. The summed E-state index contributed by atoms with van der Waals surface area (Å²) in [6, 6.07) is 2.86. The molecule has 0 amide bonds. The lowest BCUT2D eigenvalue weighted by molar-refractivity contribution is 0.367. The van der Waals surface area contributed by atoms with Crippen molar-refractivity contribution < 1.29 is 18.3 Å². The molecule has 106 valence electrons. The van der Waals surface area contributed by atoms with E-state index in [1.807, 2.05) is 6.92 Å². The molecule has 1 aromatic heterocycles. The molecule has 0 aliphatic carbocycles. The number of nitrogens with zero attached hydrogens (tertiary/aromatic N) is 2. The van der Waals surface area contributed by atoms with Gasteiger partial charge in [-0.05, 0) is 6.92 Å². The highest BCUT2D eigenvalue weighted by Gasteiger charge is 2.14. The molecule has 5 nitrogen and oxygen atoms in total. The first-order valence-corrected chi connectivity index (χ1v) is 5.90. The Labute approximate surface area is 114 Å². The Hall–Kier alpha value is -2.44. The molecule has 0 atom stereocenters. The van der Waals surface area contributed by atoms with Gasteiger partial charge in [0.15, 0.2) is 5.82 Å². The van der Waals surface area contributed by atoms with E-state index in [2.05, 4.69) is 15.3 Å². The molecule has 0 fully saturated rings. The van der Waals surface area contributed by atoms with Crippen LogP contribution in [0.3, 0.4) is 0 Å². The average molecular weight is 281 g/mol. The highest BCUT2D eigenvalue weighted by molar-refractivity contribution is 5.55. The maximum absolute atomic E-state index is 13.1. The number of aromatic nitrogens is 2. The van der Waals surface area contributed by atoms with Crippen LogP contribution >= 0.6 is 0 Å². The lowest BCUT2D eigenvalue weighted by Gasteiger charge is -2.12. The second-order valence-electron chi connectivity index (χ2n) is 3.80. The van der Waals surface area contributed by atoms with Crippen molar-refractivity contribution in [1.29, 1.82) is 0 Å². The van der Waals surface area contributed by atoms with Crippen LogP contribution in [0.15, 0.2) is 24.5 Å². The minimum atomic E-state index is -0.736. The number of rotatable bonds is 5. The van der Waals surface area contributed by atoms with Gasteiger partial charge in [0.2, 0.25) is 5.75 Å².